The summed E-state index contributed by atoms with van der Waals surface area (Å²) in [6, 6.07) is 2.96. The van der Waals surface area contributed by atoms with Crippen LogP contribution in [0.4, 0.5) is 22.0 Å². The molecule has 34 heavy (non-hydrogen) atoms. The van der Waals surface area contributed by atoms with Gasteiger partial charge >= 0.3 is 0 Å². The first kappa shape index (κ1) is 24.6. The van der Waals surface area contributed by atoms with E-state index in [0.29, 0.717) is 12.8 Å². The Balaban J connectivity index is 1.76. The van der Waals surface area contributed by atoms with E-state index in [1.54, 1.807) is 0 Å². The second kappa shape index (κ2) is 8.92. The average molecular weight is 503 g/mol. The van der Waals surface area contributed by atoms with Crippen LogP contribution in [-0.2, 0) is 21.2 Å². The highest BCUT2D eigenvalue weighted by Gasteiger charge is 2.61. The number of alkyl halides is 2. The Labute approximate surface area is 194 Å². The van der Waals surface area contributed by atoms with E-state index in [9.17, 15) is 30.8 Å². The van der Waals surface area contributed by atoms with Gasteiger partial charge in [-0.2, -0.15) is 0 Å². The molecule has 2 aromatic rings. The fourth-order valence-corrected chi connectivity index (χ4v) is 5.64. The molecule has 1 heterocycles. The molecule has 2 aromatic carbocycles. The number of rotatable bonds is 7. The van der Waals surface area contributed by atoms with Gasteiger partial charge in [-0.05, 0) is 61.6 Å². The Morgan fingerprint density at radius 3 is 2.47 bits per heavy atom. The highest BCUT2D eigenvalue weighted by atomic mass is 32.2. The molecule has 2 aliphatic rings. The van der Waals surface area contributed by atoms with Crippen molar-refractivity contribution in [1.29, 1.82) is 0 Å². The maximum Gasteiger partial charge on any atom is 0.257 e. The Kier molecular flexibility index (Phi) is 6.45. The number of halogens is 5. The van der Waals surface area contributed by atoms with Crippen LogP contribution in [0.25, 0.3) is 11.1 Å². The summed E-state index contributed by atoms with van der Waals surface area (Å²) in [4.78, 5) is 13.7. The minimum absolute atomic E-state index is 0.0118. The fraction of sp³-hybridized carbons (Fsp3) is 0.435. The van der Waals surface area contributed by atoms with Crippen molar-refractivity contribution < 1.29 is 35.2 Å². The summed E-state index contributed by atoms with van der Waals surface area (Å²) in [5, 5.41) is 0. The second-order valence-corrected chi connectivity index (χ2v) is 10.7. The molecule has 1 aliphatic heterocycles. The number of hydrogen-bond donors (Lipinski definition) is 1. The molecule has 0 radical (unpaired) electrons. The molecule has 1 aliphatic carbocycles. The van der Waals surface area contributed by atoms with Crippen LogP contribution in [0.1, 0.15) is 25.3 Å². The predicted molar refractivity (Wildman–Crippen MR) is 115 cm³/mol. The largest absolute Gasteiger partial charge is 0.335 e. The zero-order valence-corrected chi connectivity index (χ0v) is 19.0. The van der Waals surface area contributed by atoms with Gasteiger partial charge in [0.2, 0.25) is 16.0 Å². The molecular formula is C23H23F5N2O3S. The van der Waals surface area contributed by atoms with Crippen molar-refractivity contribution >= 4 is 15.9 Å². The van der Waals surface area contributed by atoms with Gasteiger partial charge in [0.25, 0.3) is 5.91 Å². The van der Waals surface area contributed by atoms with Gasteiger partial charge in [0, 0.05) is 23.6 Å². The molecule has 0 aromatic heterocycles. The lowest BCUT2D eigenvalue weighted by molar-refractivity contribution is -0.137. The van der Waals surface area contributed by atoms with Gasteiger partial charge in [-0.1, -0.05) is 12.1 Å². The predicted octanol–water partition coefficient (Wildman–Crippen LogP) is 3.88. The first-order chi connectivity index (χ1) is 16.0. The van der Waals surface area contributed by atoms with Crippen LogP contribution in [0.3, 0.4) is 0 Å². The first-order valence-electron chi connectivity index (χ1n) is 10.7. The zero-order valence-electron chi connectivity index (χ0n) is 18.2. The van der Waals surface area contributed by atoms with Crippen molar-refractivity contribution in [3.8, 4) is 11.1 Å². The number of sulfonamides is 1. The van der Waals surface area contributed by atoms with E-state index < -0.39 is 63.1 Å². The van der Waals surface area contributed by atoms with Crippen molar-refractivity contribution in [2.75, 3.05) is 12.6 Å². The van der Waals surface area contributed by atoms with E-state index in [1.165, 1.54) is 12.1 Å². The third-order valence-electron chi connectivity index (χ3n) is 6.57. The van der Waals surface area contributed by atoms with E-state index in [2.05, 4.69) is 4.72 Å². The van der Waals surface area contributed by atoms with Gasteiger partial charge in [-0.25, -0.2) is 35.1 Å². The molecule has 5 nitrogen and oxygen atoms in total. The van der Waals surface area contributed by atoms with Crippen LogP contribution in [0.2, 0.25) is 0 Å². The van der Waals surface area contributed by atoms with E-state index >= 15 is 4.39 Å². The highest BCUT2D eigenvalue weighted by Crippen LogP contribution is 2.55. The Morgan fingerprint density at radius 2 is 1.88 bits per heavy atom. The summed E-state index contributed by atoms with van der Waals surface area (Å²) in [5.41, 5.74) is -1.06. The number of nitrogens with zero attached hydrogens (tertiary/aromatic N) is 1. The Hall–Kier alpha value is -2.53. The summed E-state index contributed by atoms with van der Waals surface area (Å²) in [7, 11) is -4.36. The van der Waals surface area contributed by atoms with E-state index in [4.69, 9.17) is 0 Å². The zero-order chi connectivity index (χ0) is 24.8. The number of carbonyl (C=O) groups is 1. The van der Waals surface area contributed by atoms with E-state index in [-0.39, 0.29) is 29.7 Å². The highest BCUT2D eigenvalue weighted by molar-refractivity contribution is 7.89. The first-order valence-corrected chi connectivity index (χ1v) is 12.4. The molecule has 1 saturated carbocycles. The van der Waals surface area contributed by atoms with E-state index in [1.807, 2.05) is 0 Å². The lowest BCUT2D eigenvalue weighted by Crippen LogP contribution is -2.51. The molecule has 1 N–H and O–H groups in total. The van der Waals surface area contributed by atoms with Gasteiger partial charge in [0.05, 0.1) is 6.04 Å². The molecule has 184 valence electrons. The van der Waals surface area contributed by atoms with Crippen LogP contribution in [0.5, 0.6) is 0 Å². The fourth-order valence-electron chi connectivity index (χ4n) is 4.78. The molecule has 3 atom stereocenters. The molecule has 1 amide bonds. The molecule has 1 spiro atoms. The minimum atomic E-state index is -4.36. The monoisotopic (exact) mass is 502 g/mol. The standard InChI is InChI=1S/C23H23F5N2O3S/c1-13(25)22(31)30-11-23(5-6-23)21(29-34(32,33)12-24)19(30)9-15-8-17(27)10-18(20(15)28)14-3-2-4-16(26)7-14/h2-4,7-8,10,13,19,21,29H,5-6,9,11-12H2,1H3/t13?,19-,21+/m0/s1. The Morgan fingerprint density at radius 1 is 1.18 bits per heavy atom. The van der Waals surface area contributed by atoms with Gasteiger partial charge in [-0.15, -0.1) is 0 Å². The molecule has 4 rings (SSSR count). The van der Waals surface area contributed by atoms with Crippen LogP contribution in [0.15, 0.2) is 36.4 Å². The van der Waals surface area contributed by atoms with Crippen molar-refractivity contribution in [3.05, 3.63) is 59.4 Å². The summed E-state index contributed by atoms with van der Waals surface area (Å²) < 4.78 is 97.0. The maximum absolute atomic E-state index is 15.5. The van der Waals surface area contributed by atoms with Gasteiger partial charge in [0.15, 0.2) is 6.17 Å². The van der Waals surface area contributed by atoms with Crippen LogP contribution >= 0.6 is 0 Å². The molecule has 11 heteroatoms. The van der Waals surface area contributed by atoms with Crippen LogP contribution < -0.4 is 4.72 Å². The normalized spacial score (nSPS) is 22.2. The number of hydrogen-bond acceptors (Lipinski definition) is 3. The summed E-state index contributed by atoms with van der Waals surface area (Å²) in [6.45, 7) is 1.04. The van der Waals surface area contributed by atoms with Gasteiger partial charge < -0.3 is 4.90 Å². The smallest absolute Gasteiger partial charge is 0.257 e. The lowest BCUT2D eigenvalue weighted by Gasteiger charge is -2.30. The quantitative estimate of drug-likeness (QED) is 0.585. The summed E-state index contributed by atoms with van der Waals surface area (Å²) >= 11 is 0. The van der Waals surface area contributed by atoms with Crippen molar-refractivity contribution in [2.24, 2.45) is 5.41 Å². The van der Waals surface area contributed by atoms with Gasteiger partial charge in [-0.3, -0.25) is 4.79 Å². The van der Waals surface area contributed by atoms with Crippen LogP contribution in [-0.4, -0.2) is 50.0 Å². The second-order valence-electron chi connectivity index (χ2n) is 8.97. The number of likely N-dealkylation sites (tertiary alicyclic amines) is 1. The molecule has 1 unspecified atom stereocenters. The maximum atomic E-state index is 15.5. The molecule has 2 fully saturated rings. The average Bonchev–Trinajstić information content (AvgIpc) is 3.50. The molecule has 1 saturated heterocycles. The summed E-state index contributed by atoms with van der Waals surface area (Å²) in [5.74, 6) is -3.27. The SMILES string of the molecule is CC(F)C(=O)N1CC2(CC2)[C@H](NS(=O)(=O)CF)[C@@H]1Cc1cc(F)cc(-c2cccc(F)c2)c1F. The third-order valence-corrected chi connectivity index (χ3v) is 7.47. The number of nitrogens with one attached hydrogen (secondary N) is 1. The topological polar surface area (TPSA) is 66.5 Å². The van der Waals surface area contributed by atoms with Crippen molar-refractivity contribution in [3.63, 3.8) is 0 Å². The van der Waals surface area contributed by atoms with Gasteiger partial charge in [0.1, 0.15) is 17.5 Å². The third kappa shape index (κ3) is 4.68. The molecule has 0 bridgehead atoms. The van der Waals surface area contributed by atoms with Crippen molar-refractivity contribution in [2.45, 2.75) is 44.4 Å². The van der Waals surface area contributed by atoms with Crippen molar-refractivity contribution in [1.82, 2.24) is 9.62 Å². The number of benzene rings is 2. The van der Waals surface area contributed by atoms with Crippen LogP contribution in [0, 0.1) is 22.9 Å². The summed E-state index contributed by atoms with van der Waals surface area (Å²) in [6.07, 6.45) is -1.25. The number of carbonyl (C=O) groups excluding carboxylic acids is 1. The minimum Gasteiger partial charge on any atom is -0.335 e. The number of amides is 1. The van der Waals surface area contributed by atoms with E-state index in [0.717, 1.165) is 36.1 Å². The Bertz CT molecular complexity index is 1220. The molecular weight excluding hydrogens is 479 g/mol. The lowest BCUT2D eigenvalue weighted by atomic mass is 9.91.